The Morgan fingerprint density at radius 2 is 1.77 bits per heavy atom. The van der Waals surface area contributed by atoms with Crippen molar-refractivity contribution in [3.63, 3.8) is 0 Å². The number of fused-ring (bicyclic) bond motifs is 1. The molecule has 0 aliphatic carbocycles. The fraction of sp³-hybridized carbons (Fsp3) is 0.111. The lowest BCUT2D eigenvalue weighted by Crippen LogP contribution is -2.21. The van der Waals surface area contributed by atoms with E-state index >= 15 is 0 Å². The largest absolute Gasteiger partial charge is 0.454 e. The first kappa shape index (κ1) is 15.8. The lowest BCUT2D eigenvalue weighted by molar-refractivity contribution is -0.146. The Bertz CT molecular complexity index is 1110. The van der Waals surface area contributed by atoms with Gasteiger partial charge >= 0.3 is 11.7 Å². The number of carbonyl (C=O) groups excluding carboxylic acids is 1. The highest BCUT2D eigenvalue weighted by molar-refractivity contribution is 5.76. The Morgan fingerprint density at radius 1 is 1.00 bits per heavy atom. The fourth-order valence-electron chi connectivity index (χ4n) is 2.49. The Kier molecular flexibility index (Phi) is 4.06. The van der Waals surface area contributed by atoms with E-state index in [9.17, 15) is 9.59 Å². The molecule has 8 heteroatoms. The number of hydrogen-bond acceptors (Lipinski definition) is 7. The van der Waals surface area contributed by atoms with Crippen molar-refractivity contribution in [2.45, 2.75) is 13.2 Å². The van der Waals surface area contributed by atoms with Gasteiger partial charge in [0.1, 0.15) is 6.54 Å². The van der Waals surface area contributed by atoms with Gasteiger partial charge in [-0.3, -0.25) is 9.36 Å². The van der Waals surface area contributed by atoms with Gasteiger partial charge in [0.15, 0.2) is 12.2 Å². The molecule has 0 atom stereocenters. The molecule has 2 aromatic heterocycles. The van der Waals surface area contributed by atoms with Crippen molar-refractivity contribution in [3.8, 4) is 11.5 Å². The molecule has 4 rings (SSSR count). The van der Waals surface area contributed by atoms with Gasteiger partial charge in [0.05, 0.1) is 5.52 Å². The summed E-state index contributed by atoms with van der Waals surface area (Å²) in [6, 6.07) is 16.1. The summed E-state index contributed by atoms with van der Waals surface area (Å²) in [5.74, 6) is -0.722. The second-order valence-electron chi connectivity index (χ2n) is 5.45. The number of aromatic nitrogens is 3. The zero-order valence-electron chi connectivity index (χ0n) is 13.5. The molecule has 2 heterocycles. The Labute approximate surface area is 146 Å². The second kappa shape index (κ2) is 6.67. The van der Waals surface area contributed by atoms with Crippen LogP contribution >= 0.6 is 0 Å². The van der Waals surface area contributed by atoms with Crippen molar-refractivity contribution in [3.05, 3.63) is 71.0 Å². The third-order valence-electron chi connectivity index (χ3n) is 3.71. The van der Waals surface area contributed by atoms with Gasteiger partial charge in [0.25, 0.3) is 5.89 Å². The van der Waals surface area contributed by atoms with Crippen LogP contribution in [0.3, 0.4) is 0 Å². The third-order valence-corrected chi connectivity index (χ3v) is 3.71. The standard InChI is InChI=1S/C18H13N3O5/c22-16(10-21-13-8-4-5-9-14(13)25-18(21)23)24-11-15-19-20-17(26-15)12-6-2-1-3-7-12/h1-9H,10-11H2. The maximum absolute atomic E-state index is 12.0. The van der Waals surface area contributed by atoms with E-state index in [1.807, 2.05) is 30.3 Å². The van der Waals surface area contributed by atoms with Gasteiger partial charge in [-0.05, 0) is 24.3 Å². The number of nitrogens with zero attached hydrogens (tertiary/aromatic N) is 3. The average Bonchev–Trinajstić information content (AvgIpc) is 3.26. The van der Waals surface area contributed by atoms with Crippen LogP contribution in [0, 0.1) is 0 Å². The van der Waals surface area contributed by atoms with Gasteiger partial charge in [0.2, 0.25) is 5.89 Å². The highest BCUT2D eigenvalue weighted by atomic mass is 16.5. The maximum Gasteiger partial charge on any atom is 0.420 e. The maximum atomic E-state index is 12.0. The number of ether oxygens (including phenoxy) is 1. The number of carbonyl (C=O) groups is 1. The van der Waals surface area contributed by atoms with E-state index in [2.05, 4.69) is 10.2 Å². The van der Waals surface area contributed by atoms with E-state index in [1.165, 1.54) is 4.57 Å². The zero-order chi connectivity index (χ0) is 17.9. The Hall–Kier alpha value is -3.68. The number of oxazole rings is 1. The first-order valence-electron chi connectivity index (χ1n) is 7.82. The quantitative estimate of drug-likeness (QED) is 0.509. The van der Waals surface area contributed by atoms with Crippen molar-refractivity contribution in [1.82, 2.24) is 14.8 Å². The molecule has 0 aliphatic heterocycles. The number of rotatable bonds is 5. The normalized spacial score (nSPS) is 10.9. The molecule has 2 aromatic carbocycles. The van der Waals surface area contributed by atoms with Crippen LogP contribution in [0.25, 0.3) is 22.6 Å². The summed E-state index contributed by atoms with van der Waals surface area (Å²) in [4.78, 5) is 23.9. The van der Waals surface area contributed by atoms with E-state index in [4.69, 9.17) is 13.6 Å². The van der Waals surface area contributed by atoms with Crippen molar-refractivity contribution in [2.24, 2.45) is 0 Å². The average molecular weight is 351 g/mol. The van der Waals surface area contributed by atoms with Gasteiger partial charge in [-0.25, -0.2) is 4.79 Å². The summed E-state index contributed by atoms with van der Waals surface area (Å²) in [6.45, 7) is -0.446. The summed E-state index contributed by atoms with van der Waals surface area (Å²) in [6.07, 6.45) is 0. The number of benzene rings is 2. The molecule has 130 valence electrons. The van der Waals surface area contributed by atoms with Crippen molar-refractivity contribution in [2.75, 3.05) is 0 Å². The van der Waals surface area contributed by atoms with Crippen molar-refractivity contribution < 1.29 is 18.4 Å². The molecule has 0 N–H and O–H groups in total. The fourth-order valence-corrected chi connectivity index (χ4v) is 2.49. The molecule has 0 fully saturated rings. The third kappa shape index (κ3) is 3.12. The number of esters is 1. The minimum atomic E-state index is -0.618. The predicted molar refractivity (Wildman–Crippen MR) is 90.0 cm³/mol. The van der Waals surface area contributed by atoms with Crippen LogP contribution in [-0.2, 0) is 22.7 Å². The molecule has 26 heavy (non-hydrogen) atoms. The van der Waals surface area contributed by atoms with Crippen LogP contribution in [0.1, 0.15) is 5.89 Å². The molecular formula is C18H13N3O5. The van der Waals surface area contributed by atoms with Crippen molar-refractivity contribution in [1.29, 1.82) is 0 Å². The minimum absolute atomic E-state index is 0.168. The highest BCUT2D eigenvalue weighted by Gasteiger charge is 2.15. The smallest absolute Gasteiger partial charge is 0.420 e. The van der Waals surface area contributed by atoms with Crippen LogP contribution < -0.4 is 5.76 Å². The molecule has 0 saturated heterocycles. The van der Waals surface area contributed by atoms with Crippen LogP contribution in [0.5, 0.6) is 0 Å². The summed E-state index contributed by atoms with van der Waals surface area (Å²) < 4.78 is 16.9. The van der Waals surface area contributed by atoms with Crippen LogP contribution in [0.4, 0.5) is 0 Å². The number of para-hydroxylation sites is 2. The van der Waals surface area contributed by atoms with E-state index in [1.54, 1.807) is 24.3 Å². The molecule has 0 aliphatic rings. The van der Waals surface area contributed by atoms with Crippen LogP contribution in [-0.4, -0.2) is 20.7 Å². The van der Waals surface area contributed by atoms with Gasteiger partial charge in [-0.2, -0.15) is 0 Å². The summed E-state index contributed by atoms with van der Waals surface area (Å²) >= 11 is 0. The molecule has 4 aromatic rings. The zero-order valence-corrected chi connectivity index (χ0v) is 13.5. The molecule has 0 radical (unpaired) electrons. The molecule has 0 saturated carbocycles. The Balaban J connectivity index is 1.42. The minimum Gasteiger partial charge on any atom is -0.454 e. The molecule has 0 spiro atoms. The topological polar surface area (TPSA) is 100 Å². The van der Waals surface area contributed by atoms with Crippen LogP contribution in [0.15, 0.2) is 68.2 Å². The summed E-state index contributed by atoms with van der Waals surface area (Å²) in [5, 5.41) is 7.77. The Morgan fingerprint density at radius 3 is 2.62 bits per heavy atom. The van der Waals surface area contributed by atoms with E-state index < -0.39 is 11.7 Å². The van der Waals surface area contributed by atoms with Gasteiger partial charge in [0, 0.05) is 5.56 Å². The van der Waals surface area contributed by atoms with Crippen LogP contribution in [0.2, 0.25) is 0 Å². The predicted octanol–water partition coefficient (Wildman–Crippen LogP) is 2.39. The molecule has 0 bridgehead atoms. The van der Waals surface area contributed by atoms with E-state index in [0.29, 0.717) is 17.0 Å². The molecule has 8 nitrogen and oxygen atoms in total. The molecular weight excluding hydrogens is 338 g/mol. The first-order valence-corrected chi connectivity index (χ1v) is 7.82. The summed E-state index contributed by atoms with van der Waals surface area (Å²) in [7, 11) is 0. The number of hydrogen-bond donors (Lipinski definition) is 0. The SMILES string of the molecule is O=C(Cn1c(=O)oc2ccccc21)OCc1nnc(-c2ccccc2)o1. The van der Waals surface area contributed by atoms with Crippen molar-refractivity contribution >= 4 is 17.1 Å². The van der Waals surface area contributed by atoms with E-state index in [0.717, 1.165) is 5.56 Å². The lowest BCUT2D eigenvalue weighted by atomic mass is 10.2. The second-order valence-corrected chi connectivity index (χ2v) is 5.45. The molecule has 0 amide bonds. The molecule has 0 unspecified atom stereocenters. The monoisotopic (exact) mass is 351 g/mol. The van der Waals surface area contributed by atoms with E-state index in [-0.39, 0.29) is 19.0 Å². The highest BCUT2D eigenvalue weighted by Crippen LogP contribution is 2.17. The van der Waals surface area contributed by atoms with Gasteiger partial charge < -0.3 is 13.6 Å². The summed E-state index contributed by atoms with van der Waals surface area (Å²) in [5.41, 5.74) is 1.71. The lowest BCUT2D eigenvalue weighted by Gasteiger charge is -2.02. The van der Waals surface area contributed by atoms with Gasteiger partial charge in [-0.15, -0.1) is 10.2 Å². The van der Waals surface area contributed by atoms with Gasteiger partial charge in [-0.1, -0.05) is 30.3 Å². The first-order chi connectivity index (χ1) is 12.7.